The molecule has 0 spiro atoms. The lowest BCUT2D eigenvalue weighted by Gasteiger charge is -2.32. The molecule has 0 saturated carbocycles. The van der Waals surface area contributed by atoms with Gasteiger partial charge in [-0.05, 0) is 37.6 Å². The van der Waals surface area contributed by atoms with Gasteiger partial charge in [0.15, 0.2) is 0 Å². The molecular formula is C17H25N3O2. The van der Waals surface area contributed by atoms with Gasteiger partial charge in [-0.15, -0.1) is 0 Å². The molecule has 3 rings (SSSR count). The van der Waals surface area contributed by atoms with Gasteiger partial charge in [0, 0.05) is 36.8 Å². The van der Waals surface area contributed by atoms with Gasteiger partial charge < -0.3 is 20.3 Å². The van der Waals surface area contributed by atoms with Crippen LogP contribution in [0.5, 0.6) is 5.75 Å². The third kappa shape index (κ3) is 3.19. The number of hydrogen-bond acceptors (Lipinski definition) is 4. The molecule has 5 heteroatoms. The van der Waals surface area contributed by atoms with Crippen molar-refractivity contribution in [2.45, 2.75) is 19.4 Å². The Morgan fingerprint density at radius 1 is 1.45 bits per heavy atom. The SMILES string of the molecule is COc1cccc(N2CCC(NC(=O)C(C)C3CNC3)C2)c1. The zero-order valence-corrected chi connectivity index (χ0v) is 13.3. The van der Waals surface area contributed by atoms with E-state index < -0.39 is 0 Å². The first kappa shape index (κ1) is 15.2. The molecule has 1 amide bonds. The molecule has 2 atom stereocenters. The van der Waals surface area contributed by atoms with E-state index in [2.05, 4.69) is 21.6 Å². The number of benzene rings is 1. The van der Waals surface area contributed by atoms with Crippen LogP contribution in [-0.4, -0.2) is 45.2 Å². The second-order valence-corrected chi connectivity index (χ2v) is 6.35. The number of rotatable bonds is 5. The second kappa shape index (κ2) is 6.57. The minimum absolute atomic E-state index is 0.104. The monoisotopic (exact) mass is 303 g/mol. The number of carbonyl (C=O) groups is 1. The first-order valence-corrected chi connectivity index (χ1v) is 8.07. The predicted molar refractivity (Wildman–Crippen MR) is 87.3 cm³/mol. The van der Waals surface area contributed by atoms with Gasteiger partial charge >= 0.3 is 0 Å². The molecule has 2 aliphatic rings. The van der Waals surface area contributed by atoms with Crippen molar-refractivity contribution in [1.82, 2.24) is 10.6 Å². The second-order valence-electron chi connectivity index (χ2n) is 6.35. The molecule has 2 unspecified atom stereocenters. The molecule has 2 fully saturated rings. The van der Waals surface area contributed by atoms with Gasteiger partial charge in [0.25, 0.3) is 0 Å². The van der Waals surface area contributed by atoms with Crippen molar-refractivity contribution < 1.29 is 9.53 Å². The summed E-state index contributed by atoms with van der Waals surface area (Å²) in [4.78, 5) is 14.6. The normalized spacial score (nSPS) is 23.0. The molecule has 2 aliphatic heterocycles. The Hall–Kier alpha value is -1.75. The largest absolute Gasteiger partial charge is 0.497 e. The highest BCUT2D eigenvalue weighted by Gasteiger charge is 2.31. The highest BCUT2D eigenvalue weighted by atomic mass is 16.5. The van der Waals surface area contributed by atoms with Crippen molar-refractivity contribution in [2.24, 2.45) is 11.8 Å². The van der Waals surface area contributed by atoms with Crippen LogP contribution in [-0.2, 0) is 4.79 Å². The Bertz CT molecular complexity index is 530. The van der Waals surface area contributed by atoms with Crippen molar-refractivity contribution in [1.29, 1.82) is 0 Å². The van der Waals surface area contributed by atoms with E-state index >= 15 is 0 Å². The van der Waals surface area contributed by atoms with Crippen LogP contribution in [0.25, 0.3) is 0 Å². The lowest BCUT2D eigenvalue weighted by atomic mass is 9.88. The summed E-state index contributed by atoms with van der Waals surface area (Å²) in [6.07, 6.45) is 0.999. The van der Waals surface area contributed by atoms with Crippen LogP contribution < -0.4 is 20.3 Å². The topological polar surface area (TPSA) is 53.6 Å². The quantitative estimate of drug-likeness (QED) is 0.859. The van der Waals surface area contributed by atoms with E-state index in [4.69, 9.17) is 4.74 Å². The van der Waals surface area contributed by atoms with E-state index in [9.17, 15) is 4.79 Å². The summed E-state index contributed by atoms with van der Waals surface area (Å²) in [5, 5.41) is 6.45. The van der Waals surface area contributed by atoms with Gasteiger partial charge in [0.1, 0.15) is 5.75 Å². The predicted octanol–water partition coefficient (Wildman–Crippen LogP) is 1.25. The van der Waals surface area contributed by atoms with Crippen LogP contribution in [0.2, 0.25) is 0 Å². The van der Waals surface area contributed by atoms with Crippen molar-refractivity contribution in [2.75, 3.05) is 38.2 Å². The van der Waals surface area contributed by atoms with Crippen LogP contribution >= 0.6 is 0 Å². The molecule has 0 radical (unpaired) electrons. The molecule has 2 heterocycles. The number of anilines is 1. The van der Waals surface area contributed by atoms with Gasteiger partial charge in [0.05, 0.1) is 7.11 Å². The summed E-state index contributed by atoms with van der Waals surface area (Å²) >= 11 is 0. The number of ether oxygens (including phenoxy) is 1. The fourth-order valence-corrected chi connectivity index (χ4v) is 3.13. The summed E-state index contributed by atoms with van der Waals surface area (Å²) in [5.74, 6) is 1.67. The zero-order valence-electron chi connectivity index (χ0n) is 13.3. The van der Waals surface area contributed by atoms with Gasteiger partial charge in [0.2, 0.25) is 5.91 Å². The Labute approximate surface area is 132 Å². The van der Waals surface area contributed by atoms with Crippen LogP contribution in [0.15, 0.2) is 24.3 Å². The van der Waals surface area contributed by atoms with E-state index in [1.54, 1.807) is 7.11 Å². The first-order chi connectivity index (χ1) is 10.7. The fourth-order valence-electron chi connectivity index (χ4n) is 3.13. The van der Waals surface area contributed by atoms with E-state index in [0.29, 0.717) is 5.92 Å². The number of nitrogens with one attached hydrogen (secondary N) is 2. The zero-order chi connectivity index (χ0) is 15.5. The first-order valence-electron chi connectivity index (χ1n) is 8.07. The minimum Gasteiger partial charge on any atom is -0.497 e. The highest BCUT2D eigenvalue weighted by Crippen LogP contribution is 2.25. The average Bonchev–Trinajstić information content (AvgIpc) is 2.94. The third-order valence-corrected chi connectivity index (χ3v) is 4.89. The molecule has 2 N–H and O–H groups in total. The Balaban J connectivity index is 1.54. The van der Waals surface area contributed by atoms with Gasteiger partial charge in [-0.2, -0.15) is 0 Å². The molecular weight excluding hydrogens is 278 g/mol. The molecule has 1 aromatic rings. The summed E-state index contributed by atoms with van der Waals surface area (Å²) in [7, 11) is 1.68. The number of methoxy groups -OCH3 is 1. The minimum atomic E-state index is 0.104. The maximum absolute atomic E-state index is 12.3. The van der Waals surface area contributed by atoms with E-state index in [1.165, 1.54) is 0 Å². The lowest BCUT2D eigenvalue weighted by molar-refractivity contribution is -0.127. The van der Waals surface area contributed by atoms with E-state index in [-0.39, 0.29) is 17.9 Å². The third-order valence-electron chi connectivity index (χ3n) is 4.89. The maximum atomic E-state index is 12.3. The molecule has 22 heavy (non-hydrogen) atoms. The van der Waals surface area contributed by atoms with Crippen LogP contribution in [0.1, 0.15) is 13.3 Å². The lowest BCUT2D eigenvalue weighted by Crippen LogP contribution is -2.51. The summed E-state index contributed by atoms with van der Waals surface area (Å²) in [5.41, 5.74) is 1.16. The fraction of sp³-hybridized carbons (Fsp3) is 0.588. The van der Waals surface area contributed by atoms with E-state index in [1.807, 2.05) is 25.1 Å². The summed E-state index contributed by atoms with van der Waals surface area (Å²) in [6, 6.07) is 8.34. The maximum Gasteiger partial charge on any atom is 0.223 e. The molecule has 120 valence electrons. The summed E-state index contributed by atoms with van der Waals surface area (Å²) in [6.45, 7) is 5.81. The summed E-state index contributed by atoms with van der Waals surface area (Å²) < 4.78 is 5.28. The smallest absolute Gasteiger partial charge is 0.223 e. The number of carbonyl (C=O) groups excluding carboxylic acids is 1. The highest BCUT2D eigenvalue weighted by molar-refractivity contribution is 5.79. The van der Waals surface area contributed by atoms with Crippen molar-refractivity contribution in [3.63, 3.8) is 0 Å². The van der Waals surface area contributed by atoms with Gasteiger partial charge in [-0.25, -0.2) is 0 Å². The molecule has 2 saturated heterocycles. The Morgan fingerprint density at radius 2 is 2.27 bits per heavy atom. The van der Waals surface area contributed by atoms with Crippen LogP contribution in [0.4, 0.5) is 5.69 Å². The molecule has 1 aromatic carbocycles. The number of nitrogens with zero attached hydrogens (tertiary/aromatic N) is 1. The Kier molecular flexibility index (Phi) is 4.52. The number of amides is 1. The molecule has 0 bridgehead atoms. The van der Waals surface area contributed by atoms with Gasteiger partial charge in [-0.3, -0.25) is 4.79 Å². The van der Waals surface area contributed by atoms with Gasteiger partial charge in [-0.1, -0.05) is 13.0 Å². The van der Waals surface area contributed by atoms with Crippen molar-refractivity contribution in [3.8, 4) is 5.75 Å². The average molecular weight is 303 g/mol. The molecule has 0 aliphatic carbocycles. The van der Waals surface area contributed by atoms with Crippen LogP contribution in [0.3, 0.4) is 0 Å². The van der Waals surface area contributed by atoms with E-state index in [0.717, 1.165) is 44.0 Å². The molecule has 0 aromatic heterocycles. The van der Waals surface area contributed by atoms with Crippen molar-refractivity contribution >= 4 is 11.6 Å². The molecule has 5 nitrogen and oxygen atoms in total. The standard InChI is InChI=1S/C17H25N3O2/c1-12(13-9-18-10-13)17(21)19-14-6-7-20(11-14)15-4-3-5-16(8-15)22-2/h3-5,8,12-14,18H,6-7,9-11H2,1-2H3,(H,19,21). The number of hydrogen-bond donors (Lipinski definition) is 2. The Morgan fingerprint density at radius 3 is 2.95 bits per heavy atom. The van der Waals surface area contributed by atoms with Crippen molar-refractivity contribution in [3.05, 3.63) is 24.3 Å². The van der Waals surface area contributed by atoms with Crippen LogP contribution in [0, 0.1) is 11.8 Å².